The maximum absolute atomic E-state index is 12.6. The van der Waals surface area contributed by atoms with Gasteiger partial charge in [0.05, 0.1) is 14.2 Å². The predicted octanol–water partition coefficient (Wildman–Crippen LogP) is 2.76. The van der Waals surface area contributed by atoms with Crippen molar-refractivity contribution in [3.63, 3.8) is 0 Å². The van der Waals surface area contributed by atoms with Gasteiger partial charge in [0.2, 0.25) is 0 Å². The standard InChI is InChI=1S/C22H27NO6/c1-27-17-4-3-16(11-24)19(20(17)28-2)21(26)29-12-18(25)23-22-8-13-5-14(9-22)7-15(6-13)10-22/h3-4,11,13-15H,5-10,12H2,1-2H3,(H,23,25). The van der Waals surface area contributed by atoms with Gasteiger partial charge in [0, 0.05) is 11.1 Å². The van der Waals surface area contributed by atoms with E-state index in [-0.39, 0.29) is 34.9 Å². The van der Waals surface area contributed by atoms with E-state index in [4.69, 9.17) is 14.2 Å². The smallest absolute Gasteiger partial charge is 0.343 e. The number of esters is 1. The number of amides is 1. The molecule has 0 heterocycles. The van der Waals surface area contributed by atoms with E-state index in [0.717, 1.165) is 19.3 Å². The van der Waals surface area contributed by atoms with Gasteiger partial charge in [-0.15, -0.1) is 0 Å². The molecule has 4 aliphatic carbocycles. The number of hydrogen-bond acceptors (Lipinski definition) is 6. The first-order chi connectivity index (χ1) is 14.0. The number of benzene rings is 1. The Bertz CT molecular complexity index is 798. The zero-order valence-electron chi connectivity index (χ0n) is 16.9. The molecule has 29 heavy (non-hydrogen) atoms. The molecule has 156 valence electrons. The first-order valence-electron chi connectivity index (χ1n) is 10.1. The highest BCUT2D eigenvalue weighted by Gasteiger charge is 2.51. The van der Waals surface area contributed by atoms with E-state index in [1.807, 2.05) is 0 Å². The Balaban J connectivity index is 1.42. The van der Waals surface area contributed by atoms with Crippen LogP contribution in [0.25, 0.3) is 0 Å². The molecule has 7 nitrogen and oxygen atoms in total. The molecule has 4 fully saturated rings. The van der Waals surface area contributed by atoms with Gasteiger partial charge in [0.1, 0.15) is 5.56 Å². The van der Waals surface area contributed by atoms with E-state index in [1.165, 1.54) is 39.5 Å². The van der Waals surface area contributed by atoms with Crippen LogP contribution in [0.5, 0.6) is 11.5 Å². The SMILES string of the molecule is COc1ccc(C=O)c(C(=O)OCC(=O)NC23CC4CC(CC(C4)C2)C3)c1OC. The maximum Gasteiger partial charge on any atom is 0.343 e. The van der Waals surface area contributed by atoms with Crippen LogP contribution in [0.2, 0.25) is 0 Å². The minimum atomic E-state index is -0.788. The van der Waals surface area contributed by atoms with Crippen molar-refractivity contribution in [2.75, 3.05) is 20.8 Å². The molecule has 0 unspecified atom stereocenters. The van der Waals surface area contributed by atoms with Crippen LogP contribution in [0.15, 0.2) is 12.1 Å². The number of methoxy groups -OCH3 is 2. The monoisotopic (exact) mass is 401 g/mol. The summed E-state index contributed by atoms with van der Waals surface area (Å²) in [6.07, 6.45) is 7.48. The van der Waals surface area contributed by atoms with Crippen molar-refractivity contribution >= 4 is 18.2 Å². The Morgan fingerprint density at radius 3 is 2.21 bits per heavy atom. The lowest BCUT2D eigenvalue weighted by molar-refractivity contribution is -0.130. The Morgan fingerprint density at radius 1 is 1.07 bits per heavy atom. The van der Waals surface area contributed by atoms with Crippen molar-refractivity contribution in [1.29, 1.82) is 0 Å². The fraction of sp³-hybridized carbons (Fsp3) is 0.591. The molecule has 0 aromatic heterocycles. The molecule has 0 atom stereocenters. The molecule has 0 aliphatic heterocycles. The molecule has 4 saturated carbocycles. The molecule has 4 aliphatic rings. The number of nitrogens with one attached hydrogen (secondary N) is 1. The van der Waals surface area contributed by atoms with Crippen molar-refractivity contribution in [3.8, 4) is 11.5 Å². The average Bonchev–Trinajstić information content (AvgIpc) is 2.69. The van der Waals surface area contributed by atoms with Gasteiger partial charge in [-0.1, -0.05) is 0 Å². The topological polar surface area (TPSA) is 90.9 Å². The normalized spacial score (nSPS) is 29.2. The third kappa shape index (κ3) is 3.70. The summed E-state index contributed by atoms with van der Waals surface area (Å²) in [7, 11) is 2.81. The molecule has 4 bridgehead atoms. The van der Waals surface area contributed by atoms with E-state index in [0.29, 0.717) is 29.8 Å². The second-order valence-electron chi connectivity index (χ2n) is 8.71. The molecule has 5 rings (SSSR count). The summed E-state index contributed by atoms with van der Waals surface area (Å²) in [6.45, 7) is -0.390. The minimum Gasteiger partial charge on any atom is -0.493 e. The summed E-state index contributed by atoms with van der Waals surface area (Å²) in [6, 6.07) is 3.00. The van der Waals surface area contributed by atoms with Gasteiger partial charge < -0.3 is 19.5 Å². The van der Waals surface area contributed by atoms with Gasteiger partial charge >= 0.3 is 5.97 Å². The fourth-order valence-electron chi connectivity index (χ4n) is 6.05. The summed E-state index contributed by atoms with van der Waals surface area (Å²) in [5.74, 6) is 1.46. The predicted molar refractivity (Wildman–Crippen MR) is 104 cm³/mol. The van der Waals surface area contributed by atoms with Crippen molar-refractivity contribution in [2.24, 2.45) is 17.8 Å². The number of aldehydes is 1. The zero-order valence-corrected chi connectivity index (χ0v) is 16.9. The summed E-state index contributed by atoms with van der Waals surface area (Å²) >= 11 is 0. The second kappa shape index (κ2) is 7.69. The molecule has 1 N–H and O–H groups in total. The Kier molecular flexibility index (Phi) is 5.23. The molecule has 0 radical (unpaired) electrons. The fourth-order valence-corrected chi connectivity index (χ4v) is 6.05. The van der Waals surface area contributed by atoms with Gasteiger partial charge in [-0.3, -0.25) is 9.59 Å². The molecule has 7 heteroatoms. The van der Waals surface area contributed by atoms with Crippen LogP contribution >= 0.6 is 0 Å². The first kappa shape index (κ1) is 19.7. The molecule has 1 amide bonds. The highest BCUT2D eigenvalue weighted by atomic mass is 16.5. The zero-order chi connectivity index (χ0) is 20.6. The summed E-state index contributed by atoms with van der Waals surface area (Å²) in [4.78, 5) is 36.6. The van der Waals surface area contributed by atoms with Crippen molar-refractivity contribution < 1.29 is 28.6 Å². The van der Waals surface area contributed by atoms with E-state index >= 15 is 0 Å². The highest BCUT2D eigenvalue weighted by molar-refractivity contribution is 6.02. The Labute approximate surface area is 170 Å². The molecule has 1 aromatic carbocycles. The lowest BCUT2D eigenvalue weighted by Crippen LogP contribution is -2.60. The molecule has 1 aromatic rings. The lowest BCUT2D eigenvalue weighted by atomic mass is 9.53. The number of carbonyl (C=O) groups excluding carboxylic acids is 3. The lowest BCUT2D eigenvalue weighted by Gasteiger charge is -2.56. The van der Waals surface area contributed by atoms with Gasteiger partial charge in [0.25, 0.3) is 5.91 Å². The highest BCUT2D eigenvalue weighted by Crippen LogP contribution is 2.55. The first-order valence-corrected chi connectivity index (χ1v) is 10.1. The molecule has 0 spiro atoms. The number of carbonyl (C=O) groups is 3. The average molecular weight is 401 g/mol. The van der Waals surface area contributed by atoms with Crippen LogP contribution < -0.4 is 14.8 Å². The van der Waals surface area contributed by atoms with Crippen molar-refractivity contribution in [3.05, 3.63) is 23.3 Å². The maximum atomic E-state index is 12.6. The van der Waals surface area contributed by atoms with E-state index in [2.05, 4.69) is 5.32 Å². The van der Waals surface area contributed by atoms with Crippen LogP contribution in [0.3, 0.4) is 0 Å². The number of hydrogen-bond donors (Lipinski definition) is 1. The Morgan fingerprint density at radius 2 is 1.69 bits per heavy atom. The second-order valence-corrected chi connectivity index (χ2v) is 8.71. The van der Waals surface area contributed by atoms with Gasteiger partial charge in [-0.05, 0) is 68.4 Å². The summed E-state index contributed by atoms with van der Waals surface area (Å²) < 4.78 is 15.7. The number of rotatable bonds is 7. The van der Waals surface area contributed by atoms with E-state index < -0.39 is 5.97 Å². The van der Waals surface area contributed by atoms with Crippen LogP contribution in [-0.4, -0.2) is 44.5 Å². The molecular weight excluding hydrogens is 374 g/mol. The third-order valence-electron chi connectivity index (χ3n) is 6.69. The van der Waals surface area contributed by atoms with Crippen molar-refractivity contribution in [1.82, 2.24) is 5.32 Å². The third-order valence-corrected chi connectivity index (χ3v) is 6.69. The van der Waals surface area contributed by atoms with Crippen LogP contribution in [-0.2, 0) is 9.53 Å². The minimum absolute atomic E-state index is 0.0375. The van der Waals surface area contributed by atoms with Crippen molar-refractivity contribution in [2.45, 2.75) is 44.1 Å². The quantitative estimate of drug-likeness (QED) is 0.558. The Hall–Kier alpha value is -2.57. The largest absolute Gasteiger partial charge is 0.493 e. The van der Waals surface area contributed by atoms with Crippen LogP contribution in [0.4, 0.5) is 0 Å². The number of ether oxygens (including phenoxy) is 3. The van der Waals surface area contributed by atoms with Gasteiger partial charge in [-0.25, -0.2) is 4.79 Å². The van der Waals surface area contributed by atoms with E-state index in [9.17, 15) is 14.4 Å². The molecular formula is C22H27NO6. The van der Waals surface area contributed by atoms with Gasteiger partial charge in [0.15, 0.2) is 24.4 Å². The molecule has 0 saturated heterocycles. The van der Waals surface area contributed by atoms with Gasteiger partial charge in [-0.2, -0.15) is 0 Å². The van der Waals surface area contributed by atoms with E-state index in [1.54, 1.807) is 6.07 Å². The van der Waals surface area contributed by atoms with Crippen LogP contribution in [0, 0.1) is 17.8 Å². The van der Waals surface area contributed by atoms with Crippen LogP contribution in [0.1, 0.15) is 59.2 Å². The summed E-state index contributed by atoms with van der Waals surface area (Å²) in [5.41, 5.74) is -0.0570. The summed E-state index contributed by atoms with van der Waals surface area (Å²) in [5, 5.41) is 3.17.